The molecule has 4 rings (SSSR count). The first-order valence-electron chi connectivity index (χ1n) is 10.4. The Morgan fingerprint density at radius 3 is 2.57 bits per heavy atom. The lowest BCUT2D eigenvalue weighted by Crippen LogP contribution is -2.27. The summed E-state index contributed by atoms with van der Waals surface area (Å²) in [4.78, 5) is 26.9. The number of rotatable bonds is 7. The molecule has 0 aromatic heterocycles. The van der Waals surface area contributed by atoms with Crippen LogP contribution in [0.3, 0.4) is 0 Å². The average molecular weight is 570 g/mol. The third kappa shape index (κ3) is 5.88. The van der Waals surface area contributed by atoms with Gasteiger partial charge in [-0.2, -0.15) is 5.26 Å². The molecule has 176 valence electrons. The minimum Gasteiger partial charge on any atom is -0.493 e. The highest BCUT2D eigenvalue weighted by Gasteiger charge is 2.35. The van der Waals surface area contributed by atoms with Gasteiger partial charge in [-0.25, -0.2) is 0 Å². The van der Waals surface area contributed by atoms with Crippen LogP contribution < -0.4 is 9.47 Å². The molecule has 0 radical (unpaired) electrons. The van der Waals surface area contributed by atoms with Crippen molar-refractivity contribution in [1.29, 1.82) is 5.26 Å². The normalized spacial score (nSPS) is 14.3. The van der Waals surface area contributed by atoms with E-state index in [1.807, 2.05) is 18.2 Å². The second-order valence-electron chi connectivity index (χ2n) is 7.53. The van der Waals surface area contributed by atoms with Gasteiger partial charge in [0.15, 0.2) is 11.5 Å². The third-order valence-corrected chi connectivity index (χ3v) is 6.85. The molecule has 3 aromatic rings. The van der Waals surface area contributed by atoms with E-state index < -0.39 is 0 Å². The molecule has 1 aliphatic rings. The Labute approximate surface area is 220 Å². The average Bonchev–Trinajstić information content (AvgIpc) is 3.10. The van der Waals surface area contributed by atoms with Crippen LogP contribution in [0.5, 0.6) is 11.5 Å². The molecule has 0 spiro atoms. The van der Waals surface area contributed by atoms with Crippen LogP contribution in [0.4, 0.5) is 4.79 Å². The maximum atomic E-state index is 12.9. The molecule has 6 nitrogen and oxygen atoms in total. The van der Waals surface area contributed by atoms with Gasteiger partial charge in [-0.05, 0) is 86.9 Å². The number of ether oxygens (including phenoxy) is 2. The summed E-state index contributed by atoms with van der Waals surface area (Å²) in [6.45, 7) is 0.431. The summed E-state index contributed by atoms with van der Waals surface area (Å²) < 4.78 is 12.1. The number of carbonyl (C=O) groups excluding carboxylic acids is 2. The summed E-state index contributed by atoms with van der Waals surface area (Å²) in [6, 6.07) is 19.8. The van der Waals surface area contributed by atoms with E-state index in [1.54, 1.807) is 48.5 Å². The van der Waals surface area contributed by atoms with Crippen molar-refractivity contribution in [2.24, 2.45) is 0 Å². The molecular weight excluding hydrogens is 552 g/mol. The van der Waals surface area contributed by atoms with Crippen LogP contribution in [-0.2, 0) is 17.9 Å². The van der Waals surface area contributed by atoms with Crippen molar-refractivity contribution in [2.75, 3.05) is 7.11 Å². The Morgan fingerprint density at radius 2 is 1.89 bits per heavy atom. The van der Waals surface area contributed by atoms with Gasteiger partial charge in [0.1, 0.15) is 6.61 Å². The van der Waals surface area contributed by atoms with Crippen LogP contribution in [0.2, 0.25) is 5.02 Å². The van der Waals surface area contributed by atoms with Crippen molar-refractivity contribution in [1.82, 2.24) is 4.90 Å². The SMILES string of the molecule is COc1cc(/C=C2\SC(=O)N(Cc3cccc(Cl)c3)C2=O)cc(Br)c1OCc1ccc(C#N)cc1. The van der Waals surface area contributed by atoms with Gasteiger partial charge in [0.2, 0.25) is 0 Å². The first-order chi connectivity index (χ1) is 16.9. The standard InChI is InChI=1S/C26H18BrClN2O4S/c1-33-22-11-19(10-21(27)24(22)34-15-17-7-5-16(13-29)6-8-17)12-23-25(31)30(26(32)35-23)14-18-3-2-4-20(28)9-18/h2-12H,14-15H2,1H3/b23-12-. The van der Waals surface area contributed by atoms with Gasteiger partial charge in [0.25, 0.3) is 11.1 Å². The molecule has 0 aliphatic carbocycles. The van der Waals surface area contributed by atoms with Gasteiger partial charge in [-0.3, -0.25) is 14.5 Å². The third-order valence-electron chi connectivity index (χ3n) is 5.12. The summed E-state index contributed by atoms with van der Waals surface area (Å²) in [5.74, 6) is 0.608. The molecule has 2 amide bonds. The summed E-state index contributed by atoms with van der Waals surface area (Å²) in [5, 5.41) is 9.14. The smallest absolute Gasteiger partial charge is 0.293 e. The van der Waals surface area contributed by atoms with E-state index in [9.17, 15) is 9.59 Å². The molecule has 0 saturated carbocycles. The van der Waals surface area contributed by atoms with Crippen LogP contribution in [0.15, 0.2) is 70.0 Å². The number of nitrogens with zero attached hydrogens (tertiary/aromatic N) is 2. The number of imide groups is 1. The monoisotopic (exact) mass is 568 g/mol. The van der Waals surface area contributed by atoms with Crippen molar-refractivity contribution >= 4 is 56.5 Å². The zero-order chi connectivity index (χ0) is 24.9. The number of nitriles is 1. The summed E-state index contributed by atoms with van der Waals surface area (Å²) in [5.41, 5.74) is 2.92. The topological polar surface area (TPSA) is 79.6 Å². The minimum atomic E-state index is -0.365. The lowest BCUT2D eigenvalue weighted by atomic mass is 10.1. The number of carbonyl (C=O) groups is 2. The number of thioether (sulfide) groups is 1. The molecule has 0 N–H and O–H groups in total. The lowest BCUT2D eigenvalue weighted by molar-refractivity contribution is -0.123. The van der Waals surface area contributed by atoms with E-state index in [0.717, 1.165) is 22.9 Å². The van der Waals surface area contributed by atoms with Crippen LogP contribution >= 0.6 is 39.3 Å². The molecule has 1 aliphatic heterocycles. The number of hydrogen-bond donors (Lipinski definition) is 0. The van der Waals surface area contributed by atoms with Gasteiger partial charge in [-0.15, -0.1) is 0 Å². The molecule has 1 saturated heterocycles. The van der Waals surface area contributed by atoms with E-state index >= 15 is 0 Å². The Kier molecular flexibility index (Phi) is 7.81. The quantitative estimate of drug-likeness (QED) is 0.291. The maximum Gasteiger partial charge on any atom is 0.293 e. The van der Waals surface area contributed by atoms with Crippen LogP contribution in [0.25, 0.3) is 6.08 Å². The van der Waals surface area contributed by atoms with E-state index in [4.69, 9.17) is 26.3 Å². The fraction of sp³-hybridized carbons (Fsp3) is 0.115. The number of benzene rings is 3. The highest BCUT2D eigenvalue weighted by atomic mass is 79.9. The van der Waals surface area contributed by atoms with Crippen molar-refractivity contribution in [3.05, 3.63) is 97.3 Å². The van der Waals surface area contributed by atoms with E-state index in [2.05, 4.69) is 22.0 Å². The fourth-order valence-corrected chi connectivity index (χ4v) is 5.03. The molecule has 0 unspecified atom stereocenters. The van der Waals surface area contributed by atoms with Crippen LogP contribution in [0, 0.1) is 11.3 Å². The van der Waals surface area contributed by atoms with E-state index in [0.29, 0.717) is 37.0 Å². The number of hydrogen-bond acceptors (Lipinski definition) is 6. The van der Waals surface area contributed by atoms with Gasteiger partial charge in [0, 0.05) is 5.02 Å². The molecule has 3 aromatic carbocycles. The molecule has 0 bridgehead atoms. The second-order valence-corrected chi connectivity index (χ2v) is 9.81. The van der Waals surface area contributed by atoms with Crippen molar-refractivity contribution in [3.63, 3.8) is 0 Å². The highest BCUT2D eigenvalue weighted by Crippen LogP contribution is 2.39. The lowest BCUT2D eigenvalue weighted by Gasteiger charge is -2.14. The Bertz CT molecular complexity index is 1370. The van der Waals surface area contributed by atoms with Crippen LogP contribution in [-0.4, -0.2) is 23.2 Å². The summed E-state index contributed by atoms with van der Waals surface area (Å²) in [6.07, 6.45) is 1.65. The molecule has 1 heterocycles. The van der Waals surface area contributed by atoms with Crippen molar-refractivity contribution < 1.29 is 19.1 Å². The predicted octanol–water partition coefficient (Wildman–Crippen LogP) is 6.80. The predicted molar refractivity (Wildman–Crippen MR) is 139 cm³/mol. The van der Waals surface area contributed by atoms with Crippen LogP contribution in [0.1, 0.15) is 22.3 Å². The van der Waals surface area contributed by atoms with Gasteiger partial charge >= 0.3 is 0 Å². The number of methoxy groups -OCH3 is 1. The zero-order valence-corrected chi connectivity index (χ0v) is 21.6. The Morgan fingerprint density at radius 1 is 1.11 bits per heavy atom. The first-order valence-corrected chi connectivity index (χ1v) is 12.4. The molecular formula is C26H18BrClN2O4S. The summed E-state index contributed by atoms with van der Waals surface area (Å²) >= 11 is 10.4. The van der Waals surface area contributed by atoms with Gasteiger partial charge < -0.3 is 9.47 Å². The molecule has 1 fully saturated rings. The van der Waals surface area contributed by atoms with Gasteiger partial charge in [0.05, 0.1) is 34.7 Å². The van der Waals surface area contributed by atoms with Gasteiger partial charge in [-0.1, -0.05) is 35.9 Å². The highest BCUT2D eigenvalue weighted by molar-refractivity contribution is 9.10. The number of amides is 2. The minimum absolute atomic E-state index is 0.151. The van der Waals surface area contributed by atoms with E-state index in [1.165, 1.54) is 12.0 Å². The number of halogens is 2. The largest absolute Gasteiger partial charge is 0.493 e. The Hall–Kier alpha value is -3.25. The second kappa shape index (κ2) is 11.0. The molecule has 0 atom stereocenters. The first kappa shape index (κ1) is 24.9. The van der Waals surface area contributed by atoms with E-state index in [-0.39, 0.29) is 24.3 Å². The Balaban J connectivity index is 1.52. The maximum absolute atomic E-state index is 12.9. The zero-order valence-electron chi connectivity index (χ0n) is 18.5. The molecule has 35 heavy (non-hydrogen) atoms. The molecule has 9 heteroatoms. The summed E-state index contributed by atoms with van der Waals surface area (Å²) in [7, 11) is 1.53. The van der Waals surface area contributed by atoms with Crippen molar-refractivity contribution in [2.45, 2.75) is 13.2 Å². The van der Waals surface area contributed by atoms with Crippen molar-refractivity contribution in [3.8, 4) is 17.6 Å². The fourth-order valence-electron chi connectivity index (χ4n) is 3.40.